The molecule has 0 saturated carbocycles. The number of nitrogens with zero attached hydrogens (tertiary/aromatic N) is 5. The van der Waals surface area contributed by atoms with Crippen molar-refractivity contribution >= 4 is 139 Å². The molecular weight excluding hydrogens is 1100 g/mol. The van der Waals surface area contributed by atoms with Gasteiger partial charge in [-0.05, 0) is 54.1 Å². The van der Waals surface area contributed by atoms with Gasteiger partial charge < -0.3 is 20.8 Å². The molecule has 0 radical (unpaired) electrons. The van der Waals surface area contributed by atoms with E-state index in [0.29, 0.717) is 12.1 Å². The minimum absolute atomic E-state index is 0.260. The van der Waals surface area contributed by atoms with E-state index in [2.05, 4.69) is 40.0 Å². The van der Waals surface area contributed by atoms with Crippen molar-refractivity contribution in [3.05, 3.63) is 65.9 Å². The van der Waals surface area contributed by atoms with Crippen LogP contribution in [0.1, 0.15) is 0 Å². The maximum atomic E-state index is 13.0. The quantitative estimate of drug-likeness (QED) is 0.0378. The number of halogens is 1. The van der Waals surface area contributed by atoms with Gasteiger partial charge in [0.15, 0.2) is 21.3 Å². The number of phenolic OH excluding ortho intramolecular Hbond substituents is 2. The molecule has 10 N–H and O–H groups in total. The largest absolute Gasteiger partial charge is 0.505 e. The second-order valence-corrected chi connectivity index (χ2v) is 23.8. The molecule has 0 unspecified atom stereocenters. The summed E-state index contributed by atoms with van der Waals surface area (Å²) < 4.78 is 235. The Bertz CT molecular complexity index is 4050. The monoisotopic (exact) mass is 1120 g/mol. The highest BCUT2D eigenvalue weighted by Gasteiger charge is 2.30. The predicted molar refractivity (Wildman–Crippen MR) is 232 cm³/mol. The third-order valence-corrected chi connectivity index (χ3v) is 15.7. The first kappa shape index (κ1) is 52.5. The fraction of sp³-hybridized carbons (Fsp3) is 0.0645. The predicted octanol–water partition coefficient (Wildman–Crippen LogP) is 2.97. The highest BCUT2D eigenvalue weighted by molar-refractivity contribution is 7.91. The van der Waals surface area contributed by atoms with Gasteiger partial charge in [0.05, 0.1) is 28.6 Å². The van der Waals surface area contributed by atoms with E-state index in [1.54, 1.807) is 0 Å². The number of aromatic nitrogens is 3. The van der Waals surface area contributed by atoms with Crippen LogP contribution in [0.25, 0.3) is 21.5 Å². The van der Waals surface area contributed by atoms with Crippen LogP contribution in [0.5, 0.6) is 11.5 Å². The van der Waals surface area contributed by atoms with Gasteiger partial charge in [0.25, 0.3) is 50.6 Å². The molecule has 6 rings (SSSR count). The van der Waals surface area contributed by atoms with Crippen molar-refractivity contribution in [1.29, 1.82) is 0 Å². The Morgan fingerprint density at radius 1 is 0.536 bits per heavy atom. The van der Waals surface area contributed by atoms with Gasteiger partial charge >= 0.3 is 10.4 Å². The van der Waals surface area contributed by atoms with Crippen LogP contribution in [0, 0.1) is 0 Å². The lowest BCUT2D eigenvalue weighted by molar-refractivity contribution is 0.284. The second-order valence-electron chi connectivity index (χ2n) is 13.3. The van der Waals surface area contributed by atoms with Crippen LogP contribution in [0.2, 0.25) is 5.28 Å². The number of hydrogen-bond donors (Lipinski definition) is 10. The minimum Gasteiger partial charge on any atom is -0.505 e. The van der Waals surface area contributed by atoms with Crippen LogP contribution in [-0.2, 0) is 75.0 Å². The third-order valence-electron chi connectivity index (χ3n) is 8.84. The van der Waals surface area contributed by atoms with Gasteiger partial charge in [-0.2, -0.15) is 65.5 Å². The minimum atomic E-state index is -5.64. The smallest absolute Gasteiger partial charge is 0.397 e. The Kier molecular flexibility index (Phi) is 13.8. The Hall–Kier alpha value is -5.91. The first-order valence-corrected chi connectivity index (χ1v) is 27.9. The molecule has 0 saturated heterocycles. The zero-order valence-corrected chi connectivity index (χ0v) is 39.3. The molecular formula is C31H24ClN7O23S7. The topological polar surface area (TPSA) is 498 Å². The van der Waals surface area contributed by atoms with Gasteiger partial charge in [-0.25, -0.2) is 12.6 Å². The van der Waals surface area contributed by atoms with Crippen LogP contribution in [-0.4, -0.2) is 124 Å². The zero-order valence-electron chi connectivity index (χ0n) is 32.9. The van der Waals surface area contributed by atoms with E-state index in [0.717, 1.165) is 42.5 Å². The lowest BCUT2D eigenvalue weighted by Crippen LogP contribution is -2.16. The van der Waals surface area contributed by atoms with Crippen LogP contribution in [0.3, 0.4) is 0 Å². The first-order chi connectivity index (χ1) is 31.5. The second kappa shape index (κ2) is 18.1. The molecule has 0 fully saturated rings. The van der Waals surface area contributed by atoms with Crippen LogP contribution in [0.4, 0.5) is 34.6 Å². The molecule has 0 aliphatic rings. The Morgan fingerprint density at radius 2 is 1.10 bits per heavy atom. The summed E-state index contributed by atoms with van der Waals surface area (Å²) in [4.78, 5) is 3.97. The van der Waals surface area contributed by atoms with E-state index in [4.69, 9.17) is 16.2 Å². The number of rotatable bonds is 16. The molecule has 1 aromatic heterocycles. The lowest BCUT2D eigenvalue weighted by Gasteiger charge is -2.16. The standard InChI is InChI=1S/C31H24ClN7O23S7/c32-29-35-30(37-31(36-29)34-20-10-13(11-23(26(20)41)66(50,51)52)63(42,43)9-8-62-69(59,60)61)33-18-6-5-15-17(28(18)68(56,57)58)12-22(65(47,48)49)24(25(15)40)39-38-19-7-4-14-16(27(19)67(53,54)55)2-1-3-21(14)64(44,45)46/h1-7,10-12,40-41H,8-9H2,(H,44,45,46)(H,47,48,49)(H,50,51,52)(H,53,54,55)(H,56,57,58)(H,59,60,61)(H2,33,34,35,36,37). The highest BCUT2D eigenvalue weighted by Crippen LogP contribution is 2.46. The number of hydrogen-bond acceptors (Lipinski definition) is 24. The van der Waals surface area contributed by atoms with E-state index in [1.165, 1.54) is 0 Å². The summed E-state index contributed by atoms with van der Waals surface area (Å²) in [5.41, 5.74) is -3.77. The summed E-state index contributed by atoms with van der Waals surface area (Å²) in [6.07, 6.45) is 0. The molecule has 370 valence electrons. The number of aromatic hydroxyl groups is 2. The van der Waals surface area contributed by atoms with Crippen molar-refractivity contribution in [2.75, 3.05) is 23.0 Å². The maximum absolute atomic E-state index is 13.0. The average molecular weight is 1120 g/mol. The van der Waals surface area contributed by atoms with E-state index < -0.39 is 186 Å². The molecule has 0 aliphatic carbocycles. The van der Waals surface area contributed by atoms with Gasteiger partial charge in [-0.3, -0.25) is 27.3 Å². The van der Waals surface area contributed by atoms with E-state index in [-0.39, 0.29) is 6.07 Å². The Labute approximate surface area is 392 Å². The summed E-state index contributed by atoms with van der Waals surface area (Å²) in [5, 5.41) is 30.1. The van der Waals surface area contributed by atoms with Gasteiger partial charge in [0, 0.05) is 21.5 Å². The molecule has 0 amide bonds. The number of anilines is 4. The Balaban J connectivity index is 1.47. The van der Waals surface area contributed by atoms with Crippen molar-refractivity contribution < 1.29 is 101 Å². The molecule has 0 spiro atoms. The molecule has 1 heterocycles. The number of fused-ring (bicyclic) bond motifs is 2. The molecule has 38 heteroatoms. The SMILES string of the molecule is O=S(=O)(O)OCCS(=O)(=O)c1cc(Nc2nc(Cl)nc(Nc3ccc4c(O)c(N=Nc5ccc6c(S(=O)(=O)O)cccc6c5S(=O)(=O)O)c(S(=O)(=O)O)cc4c3S(=O)(=O)O)n2)c(O)c(S(=O)(=O)O)c1. The van der Waals surface area contributed by atoms with Crippen molar-refractivity contribution in [2.24, 2.45) is 10.2 Å². The van der Waals surface area contributed by atoms with E-state index in [9.17, 15) is 91.9 Å². The molecule has 6 aromatic rings. The molecule has 30 nitrogen and oxygen atoms in total. The van der Waals surface area contributed by atoms with Crippen molar-refractivity contribution in [3.8, 4) is 11.5 Å². The van der Waals surface area contributed by atoms with Crippen molar-refractivity contribution in [1.82, 2.24) is 15.0 Å². The number of benzene rings is 5. The van der Waals surface area contributed by atoms with E-state index >= 15 is 0 Å². The van der Waals surface area contributed by atoms with Crippen LogP contribution in [0.15, 0.2) is 100 Å². The summed E-state index contributed by atoms with van der Waals surface area (Å²) in [6.45, 7) is -1.20. The van der Waals surface area contributed by atoms with Crippen LogP contribution >= 0.6 is 11.6 Å². The van der Waals surface area contributed by atoms with Crippen molar-refractivity contribution in [3.63, 3.8) is 0 Å². The highest BCUT2D eigenvalue weighted by atomic mass is 35.5. The van der Waals surface area contributed by atoms with Gasteiger partial charge in [0.2, 0.25) is 17.2 Å². The molecule has 69 heavy (non-hydrogen) atoms. The van der Waals surface area contributed by atoms with E-state index in [1.807, 2.05) is 0 Å². The average Bonchev–Trinajstić information content (AvgIpc) is 3.17. The summed E-state index contributed by atoms with van der Waals surface area (Å²) in [6, 6.07) is 7.24. The van der Waals surface area contributed by atoms with Gasteiger partial charge in [-0.15, -0.1) is 10.2 Å². The summed E-state index contributed by atoms with van der Waals surface area (Å²) >= 11 is 6.00. The number of phenols is 2. The summed E-state index contributed by atoms with van der Waals surface area (Å²) in [5.74, 6) is -5.59. The molecule has 0 aliphatic heterocycles. The normalized spacial score (nSPS) is 13.3. The first-order valence-electron chi connectivity index (χ1n) is 17.3. The summed E-state index contributed by atoms with van der Waals surface area (Å²) in [7, 11) is -37.0. The lowest BCUT2D eigenvalue weighted by atomic mass is 10.1. The molecule has 0 atom stereocenters. The molecule has 5 aromatic carbocycles. The number of sulfone groups is 1. The fourth-order valence-corrected chi connectivity index (χ4v) is 11.6. The van der Waals surface area contributed by atoms with Gasteiger partial charge in [0.1, 0.15) is 35.9 Å². The van der Waals surface area contributed by atoms with Crippen molar-refractivity contribution in [2.45, 2.75) is 29.4 Å². The fourth-order valence-electron chi connectivity index (χ4n) is 6.15. The van der Waals surface area contributed by atoms with Gasteiger partial charge in [-0.1, -0.05) is 18.2 Å². The third kappa shape index (κ3) is 11.6. The zero-order chi connectivity index (χ0) is 51.6. The number of nitrogens with one attached hydrogen (secondary N) is 2. The Morgan fingerprint density at radius 3 is 1.65 bits per heavy atom. The van der Waals surface area contributed by atoms with Crippen LogP contribution < -0.4 is 10.6 Å². The maximum Gasteiger partial charge on any atom is 0.397 e. The number of azo groups is 1. The molecule has 0 bridgehead atoms.